The minimum absolute atomic E-state index is 0.0306. The highest BCUT2D eigenvalue weighted by atomic mass is 19.1. The van der Waals surface area contributed by atoms with Gasteiger partial charge in [0.05, 0.1) is 11.0 Å². The number of nitro benzene ring substituents is 1. The lowest BCUT2D eigenvalue weighted by molar-refractivity contribution is -0.385. The molecular formula is C14H17FN2O3. The Morgan fingerprint density at radius 2 is 2.00 bits per heavy atom. The molecule has 3 rings (SSSR count). The standard InChI is InChI=1S/C14H17FN2O3/c15-10-1-4-14(17(19)20)9(5-10)8-16-11-2-3-12(16)7-13(18)6-11/h1,4-5,11-13,18H,2-3,6-8H2. The van der Waals surface area contributed by atoms with Crippen LogP contribution in [-0.4, -0.2) is 33.1 Å². The summed E-state index contributed by atoms with van der Waals surface area (Å²) < 4.78 is 13.4. The van der Waals surface area contributed by atoms with E-state index >= 15 is 0 Å². The summed E-state index contributed by atoms with van der Waals surface area (Å²) >= 11 is 0. The molecule has 2 aliphatic heterocycles. The van der Waals surface area contributed by atoms with Crippen LogP contribution in [-0.2, 0) is 6.54 Å². The Balaban J connectivity index is 1.85. The molecule has 2 aliphatic rings. The van der Waals surface area contributed by atoms with Crippen molar-refractivity contribution < 1.29 is 14.4 Å². The van der Waals surface area contributed by atoms with Crippen LogP contribution in [0.1, 0.15) is 31.2 Å². The van der Waals surface area contributed by atoms with E-state index in [1.807, 2.05) is 0 Å². The molecule has 2 fully saturated rings. The Bertz CT molecular complexity index is 523. The lowest BCUT2D eigenvalue weighted by Crippen LogP contribution is -2.44. The second-order valence-electron chi connectivity index (χ2n) is 5.71. The first-order chi connectivity index (χ1) is 9.54. The second kappa shape index (κ2) is 5.10. The number of nitro groups is 1. The third-order valence-electron chi connectivity index (χ3n) is 4.45. The van der Waals surface area contributed by atoms with Gasteiger partial charge >= 0.3 is 0 Å². The molecule has 1 aromatic carbocycles. The minimum Gasteiger partial charge on any atom is -0.393 e. The molecule has 0 aromatic heterocycles. The zero-order valence-electron chi connectivity index (χ0n) is 11.0. The van der Waals surface area contributed by atoms with Gasteiger partial charge in [0.2, 0.25) is 0 Å². The largest absolute Gasteiger partial charge is 0.393 e. The first-order valence-corrected chi connectivity index (χ1v) is 6.91. The fraction of sp³-hybridized carbons (Fsp3) is 0.571. The zero-order chi connectivity index (χ0) is 14.3. The molecule has 0 saturated carbocycles. The Morgan fingerprint density at radius 1 is 1.35 bits per heavy atom. The maximum atomic E-state index is 13.4. The maximum absolute atomic E-state index is 13.4. The molecule has 1 N–H and O–H groups in total. The summed E-state index contributed by atoms with van der Waals surface area (Å²) in [6.07, 6.45) is 3.15. The summed E-state index contributed by atoms with van der Waals surface area (Å²) in [5.41, 5.74) is 0.389. The molecule has 2 atom stereocenters. The Morgan fingerprint density at radius 3 is 2.60 bits per heavy atom. The Hall–Kier alpha value is -1.53. The number of rotatable bonds is 3. The summed E-state index contributed by atoms with van der Waals surface area (Å²) in [5, 5.41) is 20.8. The van der Waals surface area contributed by atoms with Crippen LogP contribution < -0.4 is 0 Å². The van der Waals surface area contributed by atoms with E-state index in [-0.39, 0.29) is 23.9 Å². The minimum atomic E-state index is -0.463. The van der Waals surface area contributed by atoms with E-state index in [0.29, 0.717) is 24.9 Å². The van der Waals surface area contributed by atoms with E-state index in [1.165, 1.54) is 12.1 Å². The molecule has 6 heteroatoms. The molecule has 2 heterocycles. The number of hydrogen-bond donors (Lipinski definition) is 1. The summed E-state index contributed by atoms with van der Waals surface area (Å²) in [6.45, 7) is 0.385. The first kappa shape index (κ1) is 13.5. The van der Waals surface area contributed by atoms with Crippen LogP contribution in [0.5, 0.6) is 0 Å². The van der Waals surface area contributed by atoms with E-state index < -0.39 is 10.7 Å². The van der Waals surface area contributed by atoms with Crippen LogP contribution in [0.15, 0.2) is 18.2 Å². The SMILES string of the molecule is O=[N+]([O-])c1ccc(F)cc1CN1C2CCC1CC(O)C2. The van der Waals surface area contributed by atoms with Crippen molar-refractivity contribution in [3.63, 3.8) is 0 Å². The fourth-order valence-corrected chi connectivity index (χ4v) is 3.56. The normalized spacial score (nSPS) is 29.6. The van der Waals surface area contributed by atoms with Crippen molar-refractivity contribution in [1.29, 1.82) is 0 Å². The number of fused-ring (bicyclic) bond motifs is 2. The van der Waals surface area contributed by atoms with Crippen molar-refractivity contribution in [3.05, 3.63) is 39.7 Å². The fourth-order valence-electron chi connectivity index (χ4n) is 3.56. The lowest BCUT2D eigenvalue weighted by atomic mass is 9.99. The average Bonchev–Trinajstić information content (AvgIpc) is 2.62. The van der Waals surface area contributed by atoms with Crippen molar-refractivity contribution in [1.82, 2.24) is 4.90 Å². The number of piperidine rings is 1. The molecule has 108 valence electrons. The number of hydrogen-bond acceptors (Lipinski definition) is 4. The van der Waals surface area contributed by atoms with Crippen LogP contribution in [0, 0.1) is 15.9 Å². The average molecular weight is 280 g/mol. The van der Waals surface area contributed by atoms with Gasteiger partial charge in [-0.25, -0.2) is 4.39 Å². The van der Waals surface area contributed by atoms with Crippen LogP contribution >= 0.6 is 0 Å². The molecule has 20 heavy (non-hydrogen) atoms. The van der Waals surface area contributed by atoms with Gasteiger partial charge in [0.25, 0.3) is 5.69 Å². The number of benzene rings is 1. The van der Waals surface area contributed by atoms with Gasteiger partial charge < -0.3 is 5.11 Å². The third-order valence-corrected chi connectivity index (χ3v) is 4.45. The van der Waals surface area contributed by atoms with Gasteiger partial charge in [-0.15, -0.1) is 0 Å². The molecule has 2 bridgehead atoms. The van der Waals surface area contributed by atoms with Crippen LogP contribution in [0.25, 0.3) is 0 Å². The van der Waals surface area contributed by atoms with Crippen molar-refractivity contribution >= 4 is 5.69 Å². The molecule has 0 spiro atoms. The molecule has 2 unspecified atom stereocenters. The summed E-state index contributed by atoms with van der Waals surface area (Å²) in [5.74, 6) is -0.449. The molecule has 5 nitrogen and oxygen atoms in total. The molecule has 1 aromatic rings. The van der Waals surface area contributed by atoms with Crippen LogP contribution in [0.3, 0.4) is 0 Å². The van der Waals surface area contributed by atoms with E-state index in [2.05, 4.69) is 4.90 Å². The summed E-state index contributed by atoms with van der Waals surface area (Å²) in [7, 11) is 0. The smallest absolute Gasteiger partial charge is 0.274 e. The maximum Gasteiger partial charge on any atom is 0.274 e. The number of halogens is 1. The predicted octanol–water partition coefficient (Wildman–Crippen LogP) is 2.22. The van der Waals surface area contributed by atoms with Crippen molar-refractivity contribution in [2.75, 3.05) is 0 Å². The molecular weight excluding hydrogens is 263 g/mol. The predicted molar refractivity (Wildman–Crippen MR) is 70.6 cm³/mol. The molecule has 0 radical (unpaired) electrons. The topological polar surface area (TPSA) is 66.6 Å². The number of nitrogens with zero attached hydrogens (tertiary/aromatic N) is 2. The quantitative estimate of drug-likeness (QED) is 0.681. The van der Waals surface area contributed by atoms with Crippen molar-refractivity contribution in [3.8, 4) is 0 Å². The summed E-state index contributed by atoms with van der Waals surface area (Å²) in [6, 6.07) is 4.11. The van der Waals surface area contributed by atoms with Crippen molar-refractivity contribution in [2.24, 2.45) is 0 Å². The third kappa shape index (κ3) is 2.41. The first-order valence-electron chi connectivity index (χ1n) is 6.91. The summed E-state index contributed by atoms with van der Waals surface area (Å²) in [4.78, 5) is 12.8. The van der Waals surface area contributed by atoms with E-state index in [1.54, 1.807) is 0 Å². The zero-order valence-corrected chi connectivity index (χ0v) is 11.0. The van der Waals surface area contributed by atoms with Crippen molar-refractivity contribution in [2.45, 2.75) is 50.4 Å². The monoisotopic (exact) mass is 280 g/mol. The number of aliphatic hydroxyl groups excluding tert-OH is 1. The Labute approximate surface area is 116 Å². The number of aliphatic hydroxyl groups is 1. The van der Waals surface area contributed by atoms with Crippen LogP contribution in [0.2, 0.25) is 0 Å². The van der Waals surface area contributed by atoms with Gasteiger partial charge in [0, 0.05) is 30.3 Å². The van der Waals surface area contributed by atoms with E-state index in [0.717, 1.165) is 18.9 Å². The molecule has 2 saturated heterocycles. The van der Waals surface area contributed by atoms with Gasteiger partial charge in [0.15, 0.2) is 0 Å². The molecule has 0 amide bonds. The highest BCUT2D eigenvalue weighted by molar-refractivity contribution is 5.40. The molecule has 0 aliphatic carbocycles. The van der Waals surface area contributed by atoms with E-state index in [4.69, 9.17) is 0 Å². The highest BCUT2D eigenvalue weighted by Gasteiger charge is 2.40. The van der Waals surface area contributed by atoms with Gasteiger partial charge in [-0.3, -0.25) is 15.0 Å². The highest BCUT2D eigenvalue weighted by Crippen LogP contribution is 2.37. The van der Waals surface area contributed by atoms with Crippen LogP contribution in [0.4, 0.5) is 10.1 Å². The van der Waals surface area contributed by atoms with E-state index in [9.17, 15) is 19.6 Å². The Kier molecular flexibility index (Phi) is 3.43. The van der Waals surface area contributed by atoms with Gasteiger partial charge in [-0.2, -0.15) is 0 Å². The van der Waals surface area contributed by atoms with Gasteiger partial charge in [0.1, 0.15) is 5.82 Å². The second-order valence-corrected chi connectivity index (χ2v) is 5.71. The van der Waals surface area contributed by atoms with Gasteiger partial charge in [-0.05, 0) is 37.8 Å². The van der Waals surface area contributed by atoms with Gasteiger partial charge in [-0.1, -0.05) is 0 Å². The lowest BCUT2D eigenvalue weighted by Gasteiger charge is -2.37.